The molecule has 1 unspecified atom stereocenters. The summed E-state index contributed by atoms with van der Waals surface area (Å²) in [7, 11) is 0. The standard InChI is InChI=1S/C18H23N3O3/c1-3-21-10-9-19-17(21)7-8-18(23)20-12-15(22)13-24-16-6-4-5-14(2)11-16/h4-11,15,22H,3,12-13H2,1-2H3,(H,20,23)/b8-7+. The molecule has 24 heavy (non-hydrogen) atoms. The second-order valence-corrected chi connectivity index (χ2v) is 5.43. The molecular formula is C18H23N3O3. The van der Waals surface area contributed by atoms with Crippen molar-refractivity contribution in [3.05, 3.63) is 54.1 Å². The number of aryl methyl sites for hydroxylation is 2. The number of rotatable bonds is 8. The molecule has 1 amide bonds. The highest BCUT2D eigenvalue weighted by atomic mass is 16.5. The molecule has 6 heteroatoms. The van der Waals surface area contributed by atoms with Crippen LogP contribution < -0.4 is 10.1 Å². The van der Waals surface area contributed by atoms with Gasteiger partial charge in [-0.15, -0.1) is 0 Å². The van der Waals surface area contributed by atoms with Crippen LogP contribution in [0.25, 0.3) is 6.08 Å². The van der Waals surface area contributed by atoms with Crippen molar-refractivity contribution in [3.8, 4) is 5.75 Å². The molecular weight excluding hydrogens is 306 g/mol. The summed E-state index contributed by atoms with van der Waals surface area (Å²) in [4.78, 5) is 15.9. The SMILES string of the molecule is CCn1ccnc1/C=C/C(=O)NCC(O)COc1cccc(C)c1. The normalized spacial score (nSPS) is 12.3. The van der Waals surface area contributed by atoms with Gasteiger partial charge in [0, 0.05) is 31.6 Å². The van der Waals surface area contributed by atoms with Crippen molar-refractivity contribution < 1.29 is 14.6 Å². The van der Waals surface area contributed by atoms with E-state index >= 15 is 0 Å². The highest BCUT2D eigenvalue weighted by Gasteiger charge is 2.07. The molecule has 0 saturated heterocycles. The van der Waals surface area contributed by atoms with E-state index in [2.05, 4.69) is 10.3 Å². The smallest absolute Gasteiger partial charge is 0.244 e. The fraction of sp³-hybridized carbons (Fsp3) is 0.333. The van der Waals surface area contributed by atoms with Crippen molar-refractivity contribution in [2.45, 2.75) is 26.5 Å². The maximum absolute atomic E-state index is 11.8. The third-order valence-corrected chi connectivity index (χ3v) is 3.42. The van der Waals surface area contributed by atoms with Crippen molar-refractivity contribution in [2.75, 3.05) is 13.2 Å². The topological polar surface area (TPSA) is 76.4 Å². The first kappa shape index (κ1) is 17.7. The zero-order chi connectivity index (χ0) is 17.4. The molecule has 2 rings (SSSR count). The summed E-state index contributed by atoms with van der Waals surface area (Å²) in [6, 6.07) is 7.59. The average Bonchev–Trinajstić information content (AvgIpc) is 3.04. The molecule has 0 saturated carbocycles. The van der Waals surface area contributed by atoms with Crippen LogP contribution in [0.2, 0.25) is 0 Å². The molecule has 0 aliphatic carbocycles. The van der Waals surface area contributed by atoms with E-state index in [1.54, 1.807) is 12.3 Å². The number of hydrogen-bond donors (Lipinski definition) is 2. The van der Waals surface area contributed by atoms with Crippen LogP contribution in [0.1, 0.15) is 18.3 Å². The fourth-order valence-electron chi connectivity index (χ4n) is 2.13. The van der Waals surface area contributed by atoms with Crippen molar-refractivity contribution in [1.82, 2.24) is 14.9 Å². The second-order valence-electron chi connectivity index (χ2n) is 5.43. The number of nitrogens with one attached hydrogen (secondary N) is 1. The lowest BCUT2D eigenvalue weighted by atomic mass is 10.2. The molecule has 0 aliphatic rings. The summed E-state index contributed by atoms with van der Waals surface area (Å²) in [5.41, 5.74) is 1.09. The lowest BCUT2D eigenvalue weighted by Crippen LogP contribution is -2.34. The van der Waals surface area contributed by atoms with Gasteiger partial charge < -0.3 is 19.7 Å². The van der Waals surface area contributed by atoms with Gasteiger partial charge in [-0.25, -0.2) is 4.98 Å². The molecule has 2 aromatic rings. The summed E-state index contributed by atoms with van der Waals surface area (Å²) >= 11 is 0. The quantitative estimate of drug-likeness (QED) is 0.724. The van der Waals surface area contributed by atoms with E-state index in [9.17, 15) is 9.90 Å². The third-order valence-electron chi connectivity index (χ3n) is 3.42. The van der Waals surface area contributed by atoms with Crippen LogP contribution in [-0.4, -0.2) is 39.8 Å². The van der Waals surface area contributed by atoms with Crippen molar-refractivity contribution in [2.24, 2.45) is 0 Å². The van der Waals surface area contributed by atoms with Gasteiger partial charge in [-0.2, -0.15) is 0 Å². The Bertz CT molecular complexity index is 694. The van der Waals surface area contributed by atoms with Crippen LogP contribution in [0.5, 0.6) is 5.75 Å². The lowest BCUT2D eigenvalue weighted by Gasteiger charge is -2.13. The number of hydrogen-bond acceptors (Lipinski definition) is 4. The summed E-state index contributed by atoms with van der Waals surface area (Å²) in [6.07, 6.45) is 5.81. The molecule has 1 atom stereocenters. The van der Waals surface area contributed by atoms with E-state index in [1.165, 1.54) is 6.08 Å². The lowest BCUT2D eigenvalue weighted by molar-refractivity contribution is -0.117. The first-order chi connectivity index (χ1) is 11.6. The van der Waals surface area contributed by atoms with E-state index in [-0.39, 0.29) is 19.1 Å². The number of aromatic nitrogens is 2. The minimum absolute atomic E-state index is 0.119. The summed E-state index contributed by atoms with van der Waals surface area (Å²) in [6.45, 7) is 5.00. The van der Waals surface area contributed by atoms with Gasteiger partial charge in [-0.1, -0.05) is 12.1 Å². The molecule has 2 N–H and O–H groups in total. The second kappa shape index (κ2) is 8.88. The Balaban J connectivity index is 1.73. The Morgan fingerprint density at radius 2 is 2.33 bits per heavy atom. The van der Waals surface area contributed by atoms with Crippen molar-refractivity contribution >= 4 is 12.0 Å². The molecule has 128 valence electrons. The molecule has 0 radical (unpaired) electrons. The van der Waals surface area contributed by atoms with Gasteiger partial charge in [0.2, 0.25) is 5.91 Å². The first-order valence-corrected chi connectivity index (χ1v) is 7.93. The zero-order valence-corrected chi connectivity index (χ0v) is 14.0. The minimum atomic E-state index is -0.777. The Morgan fingerprint density at radius 1 is 1.50 bits per heavy atom. The minimum Gasteiger partial charge on any atom is -0.491 e. The summed E-state index contributed by atoms with van der Waals surface area (Å²) < 4.78 is 7.42. The highest BCUT2D eigenvalue weighted by molar-refractivity contribution is 5.91. The maximum atomic E-state index is 11.8. The van der Waals surface area contributed by atoms with E-state index in [0.717, 1.165) is 17.9 Å². The van der Waals surface area contributed by atoms with Gasteiger partial charge in [-0.05, 0) is 37.6 Å². The highest BCUT2D eigenvalue weighted by Crippen LogP contribution is 2.12. The van der Waals surface area contributed by atoms with Gasteiger partial charge in [0.05, 0.1) is 0 Å². The van der Waals surface area contributed by atoms with Crippen molar-refractivity contribution in [1.29, 1.82) is 0 Å². The van der Waals surface area contributed by atoms with Crippen LogP contribution in [0.3, 0.4) is 0 Å². The molecule has 0 spiro atoms. The zero-order valence-electron chi connectivity index (χ0n) is 14.0. The van der Waals surface area contributed by atoms with Crippen LogP contribution in [-0.2, 0) is 11.3 Å². The predicted molar refractivity (Wildman–Crippen MR) is 92.6 cm³/mol. The number of aliphatic hydroxyl groups is 1. The van der Waals surface area contributed by atoms with E-state index in [0.29, 0.717) is 5.75 Å². The molecule has 1 aromatic heterocycles. The molecule has 6 nitrogen and oxygen atoms in total. The van der Waals surface area contributed by atoms with Gasteiger partial charge in [0.15, 0.2) is 0 Å². The third kappa shape index (κ3) is 5.55. The van der Waals surface area contributed by atoms with E-state index < -0.39 is 6.10 Å². The average molecular weight is 329 g/mol. The van der Waals surface area contributed by atoms with Gasteiger partial charge in [-0.3, -0.25) is 4.79 Å². The van der Waals surface area contributed by atoms with Gasteiger partial charge in [0.1, 0.15) is 24.3 Å². The number of aliphatic hydroxyl groups excluding tert-OH is 1. The van der Waals surface area contributed by atoms with Crippen molar-refractivity contribution in [3.63, 3.8) is 0 Å². The number of imidazole rings is 1. The molecule has 0 aliphatic heterocycles. The first-order valence-electron chi connectivity index (χ1n) is 7.93. The number of nitrogens with zero attached hydrogens (tertiary/aromatic N) is 2. The van der Waals surface area contributed by atoms with E-state index in [4.69, 9.17) is 4.74 Å². The number of carbonyl (C=O) groups is 1. The molecule has 1 heterocycles. The Kier molecular flexibility index (Phi) is 6.57. The van der Waals surface area contributed by atoms with Crippen LogP contribution in [0.4, 0.5) is 0 Å². The largest absolute Gasteiger partial charge is 0.491 e. The van der Waals surface area contributed by atoms with Gasteiger partial charge in [0.25, 0.3) is 0 Å². The van der Waals surface area contributed by atoms with Crippen LogP contribution >= 0.6 is 0 Å². The molecule has 1 aromatic carbocycles. The number of ether oxygens (including phenoxy) is 1. The maximum Gasteiger partial charge on any atom is 0.244 e. The van der Waals surface area contributed by atoms with Crippen LogP contribution in [0.15, 0.2) is 42.7 Å². The monoisotopic (exact) mass is 329 g/mol. The van der Waals surface area contributed by atoms with Crippen LogP contribution in [0, 0.1) is 6.92 Å². The number of amides is 1. The Morgan fingerprint density at radius 3 is 3.08 bits per heavy atom. The summed E-state index contributed by atoms with van der Waals surface area (Å²) in [5, 5.41) is 12.5. The summed E-state index contributed by atoms with van der Waals surface area (Å²) in [5.74, 6) is 1.14. The van der Waals surface area contributed by atoms with Gasteiger partial charge >= 0.3 is 0 Å². The molecule has 0 bridgehead atoms. The van der Waals surface area contributed by atoms with E-state index in [1.807, 2.05) is 48.9 Å². The number of carbonyl (C=O) groups excluding carboxylic acids is 1. The Hall–Kier alpha value is -2.60. The number of benzene rings is 1. The molecule has 0 fully saturated rings. The fourth-order valence-corrected chi connectivity index (χ4v) is 2.13. The Labute approximate surface area is 141 Å². The predicted octanol–water partition coefficient (Wildman–Crippen LogP) is 1.78.